The smallest absolute Gasteiger partial charge is 0.244 e. The normalized spacial score (nSPS) is 11.3. The summed E-state index contributed by atoms with van der Waals surface area (Å²) in [6, 6.07) is 25.8. The van der Waals surface area contributed by atoms with Gasteiger partial charge in [0.15, 0.2) is 0 Å². The first kappa shape index (κ1) is 18.4. The van der Waals surface area contributed by atoms with E-state index in [1.807, 2.05) is 67.6 Å². The zero-order valence-electron chi connectivity index (χ0n) is 15.7. The minimum atomic E-state index is -0.286. The Morgan fingerprint density at radius 2 is 1.34 bits per heavy atom. The summed E-state index contributed by atoms with van der Waals surface area (Å²) >= 11 is 0. The van der Waals surface area contributed by atoms with E-state index in [4.69, 9.17) is 0 Å². The van der Waals surface area contributed by atoms with Crippen molar-refractivity contribution in [2.75, 3.05) is 5.43 Å². The van der Waals surface area contributed by atoms with Crippen molar-refractivity contribution in [1.82, 2.24) is 15.2 Å². The number of anilines is 1. The molecule has 6 heteroatoms. The van der Waals surface area contributed by atoms with Gasteiger partial charge in [0.05, 0.1) is 5.71 Å². The molecule has 3 aromatic carbocycles. The number of nitrogens with one attached hydrogen (secondary N) is 1. The molecule has 0 unspecified atom stereocenters. The number of nitrogens with zero attached hydrogens (tertiary/aromatic N) is 4. The molecule has 0 atom stereocenters. The van der Waals surface area contributed by atoms with Crippen LogP contribution in [0.1, 0.15) is 12.5 Å². The molecule has 1 N–H and O–H groups in total. The third kappa shape index (κ3) is 4.32. The van der Waals surface area contributed by atoms with Crippen LogP contribution in [-0.2, 0) is 0 Å². The van der Waals surface area contributed by atoms with Crippen LogP contribution >= 0.6 is 0 Å². The maximum absolute atomic E-state index is 13.1. The molecule has 5 nitrogen and oxygen atoms in total. The summed E-state index contributed by atoms with van der Waals surface area (Å²) in [5.74, 6) is -0.00366. The van der Waals surface area contributed by atoms with E-state index in [2.05, 4.69) is 25.7 Å². The van der Waals surface area contributed by atoms with Crippen LogP contribution in [0, 0.1) is 5.82 Å². The Morgan fingerprint density at radius 1 is 0.759 bits per heavy atom. The van der Waals surface area contributed by atoms with Crippen molar-refractivity contribution in [2.24, 2.45) is 5.10 Å². The summed E-state index contributed by atoms with van der Waals surface area (Å²) in [6.45, 7) is 1.82. The zero-order valence-corrected chi connectivity index (χ0v) is 15.7. The number of hydrazone groups is 1. The molecule has 1 aromatic heterocycles. The number of hydrogen-bond acceptors (Lipinski definition) is 5. The predicted octanol–water partition coefficient (Wildman–Crippen LogP) is 5.18. The Balaban J connectivity index is 1.68. The van der Waals surface area contributed by atoms with Crippen LogP contribution in [0.4, 0.5) is 10.3 Å². The van der Waals surface area contributed by atoms with E-state index < -0.39 is 0 Å². The maximum atomic E-state index is 13.1. The van der Waals surface area contributed by atoms with Crippen molar-refractivity contribution in [3.63, 3.8) is 0 Å². The standard InChI is InChI=1S/C23H18FN5/c1-16(17-12-14-20(24)15-13-17)26-28-23-25-21(18-8-4-2-5-9-18)22(27-29-23)19-10-6-3-7-11-19/h2-15H,1H3,(H,25,28,29)/b26-16+. The molecule has 0 aliphatic rings. The molecular formula is C23H18FN5. The summed E-state index contributed by atoms with van der Waals surface area (Å²) in [5, 5.41) is 12.9. The van der Waals surface area contributed by atoms with Crippen LogP contribution < -0.4 is 5.43 Å². The van der Waals surface area contributed by atoms with Gasteiger partial charge < -0.3 is 0 Å². The number of rotatable bonds is 5. The van der Waals surface area contributed by atoms with Gasteiger partial charge in [0.2, 0.25) is 0 Å². The number of halogens is 1. The van der Waals surface area contributed by atoms with Gasteiger partial charge in [-0.15, -0.1) is 10.2 Å². The molecule has 0 radical (unpaired) electrons. The molecular weight excluding hydrogens is 365 g/mol. The number of hydrogen-bond donors (Lipinski definition) is 1. The summed E-state index contributed by atoms with van der Waals surface area (Å²) in [5.41, 5.74) is 7.62. The fraction of sp³-hybridized carbons (Fsp3) is 0.0435. The third-order valence-electron chi connectivity index (χ3n) is 4.37. The minimum absolute atomic E-state index is 0.282. The lowest BCUT2D eigenvalue weighted by atomic mass is 10.0. The van der Waals surface area contributed by atoms with Crippen molar-refractivity contribution in [3.8, 4) is 22.5 Å². The second-order valence-corrected chi connectivity index (χ2v) is 6.38. The highest BCUT2D eigenvalue weighted by molar-refractivity contribution is 5.99. The fourth-order valence-electron chi connectivity index (χ4n) is 2.85. The van der Waals surface area contributed by atoms with Crippen LogP contribution in [0.3, 0.4) is 0 Å². The van der Waals surface area contributed by atoms with Crippen molar-refractivity contribution in [1.29, 1.82) is 0 Å². The Bertz CT molecular complexity index is 1130. The monoisotopic (exact) mass is 383 g/mol. The predicted molar refractivity (Wildman–Crippen MR) is 113 cm³/mol. The molecule has 0 bridgehead atoms. The lowest BCUT2D eigenvalue weighted by Crippen LogP contribution is -2.05. The van der Waals surface area contributed by atoms with Gasteiger partial charge in [-0.05, 0) is 24.6 Å². The quantitative estimate of drug-likeness (QED) is 0.381. The lowest BCUT2D eigenvalue weighted by molar-refractivity contribution is 0.628. The zero-order chi connectivity index (χ0) is 20.1. The minimum Gasteiger partial charge on any atom is -0.244 e. The van der Waals surface area contributed by atoms with Gasteiger partial charge in [0.25, 0.3) is 5.95 Å². The lowest BCUT2D eigenvalue weighted by Gasteiger charge is -2.09. The average Bonchev–Trinajstić information content (AvgIpc) is 2.79. The van der Waals surface area contributed by atoms with E-state index in [1.54, 1.807) is 12.1 Å². The van der Waals surface area contributed by atoms with Crippen LogP contribution in [-0.4, -0.2) is 20.9 Å². The average molecular weight is 383 g/mol. The summed E-state index contributed by atoms with van der Waals surface area (Å²) in [6.07, 6.45) is 0. The van der Waals surface area contributed by atoms with E-state index in [0.29, 0.717) is 17.1 Å². The van der Waals surface area contributed by atoms with E-state index in [-0.39, 0.29) is 11.8 Å². The third-order valence-corrected chi connectivity index (χ3v) is 4.37. The van der Waals surface area contributed by atoms with Gasteiger partial charge >= 0.3 is 0 Å². The van der Waals surface area contributed by atoms with Gasteiger partial charge in [-0.3, -0.25) is 0 Å². The van der Waals surface area contributed by atoms with Gasteiger partial charge in [0.1, 0.15) is 17.2 Å². The van der Waals surface area contributed by atoms with Crippen molar-refractivity contribution >= 4 is 11.7 Å². The summed E-state index contributed by atoms with van der Waals surface area (Å²) in [4.78, 5) is 4.65. The second kappa shape index (κ2) is 8.39. The molecule has 4 rings (SSSR count). The molecule has 0 spiro atoms. The molecule has 0 aliphatic carbocycles. The van der Waals surface area contributed by atoms with Gasteiger partial charge in [-0.2, -0.15) is 5.10 Å². The van der Waals surface area contributed by atoms with Gasteiger partial charge in [-0.25, -0.2) is 14.8 Å². The number of aromatic nitrogens is 3. The van der Waals surface area contributed by atoms with Gasteiger partial charge in [-0.1, -0.05) is 72.8 Å². The first-order valence-electron chi connectivity index (χ1n) is 9.12. The van der Waals surface area contributed by atoms with Gasteiger partial charge in [0, 0.05) is 11.1 Å². The van der Waals surface area contributed by atoms with Crippen LogP contribution in [0.5, 0.6) is 0 Å². The summed E-state index contributed by atoms with van der Waals surface area (Å²) < 4.78 is 13.1. The molecule has 0 fully saturated rings. The highest BCUT2D eigenvalue weighted by Gasteiger charge is 2.13. The Kier molecular flexibility index (Phi) is 5.33. The topological polar surface area (TPSA) is 63.1 Å². The van der Waals surface area contributed by atoms with Crippen molar-refractivity contribution in [2.45, 2.75) is 6.92 Å². The molecule has 1 heterocycles. The van der Waals surface area contributed by atoms with E-state index in [0.717, 1.165) is 16.7 Å². The highest BCUT2D eigenvalue weighted by Crippen LogP contribution is 2.28. The Morgan fingerprint density at radius 3 is 1.97 bits per heavy atom. The SMILES string of the molecule is C/C(=N\Nc1nnc(-c2ccccc2)c(-c2ccccc2)n1)c1ccc(F)cc1. The van der Waals surface area contributed by atoms with E-state index in [1.165, 1.54) is 12.1 Å². The first-order chi connectivity index (χ1) is 14.2. The highest BCUT2D eigenvalue weighted by atomic mass is 19.1. The van der Waals surface area contributed by atoms with Crippen LogP contribution in [0.25, 0.3) is 22.5 Å². The van der Waals surface area contributed by atoms with E-state index >= 15 is 0 Å². The molecule has 29 heavy (non-hydrogen) atoms. The Labute approximate surface area is 168 Å². The fourth-order valence-corrected chi connectivity index (χ4v) is 2.85. The van der Waals surface area contributed by atoms with Crippen molar-refractivity contribution in [3.05, 3.63) is 96.3 Å². The second-order valence-electron chi connectivity index (χ2n) is 6.38. The summed E-state index contributed by atoms with van der Waals surface area (Å²) in [7, 11) is 0. The van der Waals surface area contributed by atoms with Crippen LogP contribution in [0.15, 0.2) is 90.0 Å². The van der Waals surface area contributed by atoms with Crippen molar-refractivity contribution < 1.29 is 4.39 Å². The largest absolute Gasteiger partial charge is 0.263 e. The van der Waals surface area contributed by atoms with E-state index in [9.17, 15) is 4.39 Å². The molecule has 142 valence electrons. The first-order valence-corrected chi connectivity index (χ1v) is 9.12. The van der Waals surface area contributed by atoms with Crippen LogP contribution in [0.2, 0.25) is 0 Å². The number of benzene rings is 3. The molecule has 0 saturated carbocycles. The molecule has 4 aromatic rings. The molecule has 0 amide bonds. The maximum Gasteiger partial charge on any atom is 0.263 e. The molecule has 0 saturated heterocycles. The molecule has 0 aliphatic heterocycles. The Hall–Kier alpha value is -3.93.